The Bertz CT molecular complexity index is 1240. The maximum Gasteiger partial charge on any atom is 0.174 e. The molecule has 5 rings (SSSR count). The topological polar surface area (TPSA) is 33.1 Å². The van der Waals surface area contributed by atoms with Gasteiger partial charge in [0.25, 0.3) is 0 Å². The van der Waals surface area contributed by atoms with Gasteiger partial charge in [-0.3, -0.25) is 4.98 Å². The summed E-state index contributed by atoms with van der Waals surface area (Å²) in [4.78, 5) is 6.91. The van der Waals surface area contributed by atoms with E-state index >= 15 is 0 Å². The molecule has 2 aromatic heterocycles. The third-order valence-electron chi connectivity index (χ3n) is 6.33. The lowest BCUT2D eigenvalue weighted by atomic mass is 9.99. The Balaban J connectivity index is 1.63. The van der Waals surface area contributed by atoms with Crippen molar-refractivity contribution < 1.29 is 0 Å². The van der Waals surface area contributed by atoms with E-state index in [2.05, 4.69) is 113 Å². The van der Waals surface area contributed by atoms with Crippen LogP contribution >= 0.6 is 12.2 Å². The van der Waals surface area contributed by atoms with Crippen LogP contribution in [0.1, 0.15) is 54.4 Å². The van der Waals surface area contributed by atoms with Gasteiger partial charge in [-0.25, -0.2) is 0 Å². The number of benzene rings is 2. The van der Waals surface area contributed by atoms with Gasteiger partial charge in [0.1, 0.15) is 6.04 Å². The summed E-state index contributed by atoms with van der Waals surface area (Å²) in [6, 6.07) is 27.6. The lowest BCUT2D eigenvalue weighted by molar-refractivity contribution is 0.549. The van der Waals surface area contributed by atoms with E-state index in [9.17, 15) is 0 Å². The molecule has 3 heterocycles. The first kappa shape index (κ1) is 21.4. The number of anilines is 1. The Hall–Kier alpha value is -3.44. The zero-order valence-electron chi connectivity index (χ0n) is 19.1. The molecule has 1 fully saturated rings. The summed E-state index contributed by atoms with van der Waals surface area (Å²) in [7, 11) is 0. The van der Waals surface area contributed by atoms with E-state index in [1.54, 1.807) is 0 Å². The van der Waals surface area contributed by atoms with E-state index in [4.69, 9.17) is 12.2 Å². The molecule has 166 valence electrons. The van der Waals surface area contributed by atoms with Crippen molar-refractivity contribution in [2.45, 2.75) is 38.8 Å². The highest BCUT2D eigenvalue weighted by molar-refractivity contribution is 7.80. The first-order valence-corrected chi connectivity index (χ1v) is 11.8. The molecule has 0 bridgehead atoms. The number of nitrogens with zero attached hydrogens (tertiary/aromatic N) is 3. The van der Waals surface area contributed by atoms with Gasteiger partial charge in [0.2, 0.25) is 0 Å². The molecule has 0 radical (unpaired) electrons. The molecule has 0 spiro atoms. The normalized spacial score (nSPS) is 18.1. The molecule has 1 saturated heterocycles. The average Bonchev–Trinajstić information content (AvgIpc) is 3.44. The van der Waals surface area contributed by atoms with Crippen molar-refractivity contribution in [3.63, 3.8) is 0 Å². The fraction of sp³-hybridized carbons (Fsp3) is 0.214. The summed E-state index contributed by atoms with van der Waals surface area (Å²) in [5, 5.41) is 4.28. The molecule has 1 N–H and O–H groups in total. The number of rotatable bonds is 5. The van der Waals surface area contributed by atoms with E-state index in [0.29, 0.717) is 11.0 Å². The highest BCUT2D eigenvalue weighted by Crippen LogP contribution is 2.42. The largest absolute Gasteiger partial charge is 0.351 e. The molecule has 1 aliphatic rings. The van der Waals surface area contributed by atoms with Crippen LogP contribution in [0.2, 0.25) is 0 Å². The Morgan fingerprint density at radius 2 is 1.61 bits per heavy atom. The predicted molar refractivity (Wildman–Crippen MR) is 139 cm³/mol. The summed E-state index contributed by atoms with van der Waals surface area (Å²) >= 11 is 5.89. The second kappa shape index (κ2) is 8.83. The summed E-state index contributed by atoms with van der Waals surface area (Å²) in [6.45, 7) is 6.54. The number of hydrogen-bond donors (Lipinski definition) is 1. The molecule has 33 heavy (non-hydrogen) atoms. The Kier molecular flexibility index (Phi) is 5.73. The minimum Gasteiger partial charge on any atom is -0.351 e. The van der Waals surface area contributed by atoms with Gasteiger partial charge in [0, 0.05) is 29.5 Å². The summed E-state index contributed by atoms with van der Waals surface area (Å²) in [5.41, 5.74) is 6.91. The maximum atomic E-state index is 5.89. The van der Waals surface area contributed by atoms with Crippen LogP contribution in [0.4, 0.5) is 5.69 Å². The van der Waals surface area contributed by atoms with Gasteiger partial charge in [0.15, 0.2) is 5.11 Å². The van der Waals surface area contributed by atoms with Crippen LogP contribution in [0, 0.1) is 6.92 Å². The third-order valence-corrected chi connectivity index (χ3v) is 6.65. The van der Waals surface area contributed by atoms with Crippen molar-refractivity contribution >= 4 is 23.0 Å². The van der Waals surface area contributed by atoms with Crippen molar-refractivity contribution in [1.82, 2.24) is 14.9 Å². The highest BCUT2D eigenvalue weighted by Gasteiger charge is 2.42. The molecule has 2 aromatic carbocycles. The molecule has 0 saturated carbocycles. The SMILES string of the molecule is Cc1ccc(-n2cccc2C2C(c3ccccn3)NC(=S)N2c2ccc(C(C)C)cc2)cc1. The van der Waals surface area contributed by atoms with Crippen molar-refractivity contribution in [3.05, 3.63) is 114 Å². The Morgan fingerprint density at radius 3 is 2.27 bits per heavy atom. The van der Waals surface area contributed by atoms with Crippen LogP contribution in [-0.4, -0.2) is 14.7 Å². The van der Waals surface area contributed by atoms with Gasteiger partial charge in [-0.05, 0) is 79.2 Å². The molecule has 1 aliphatic heterocycles. The smallest absolute Gasteiger partial charge is 0.174 e. The van der Waals surface area contributed by atoms with E-state index in [0.717, 1.165) is 22.8 Å². The zero-order chi connectivity index (χ0) is 22.9. The molecule has 5 heteroatoms. The number of pyridine rings is 1. The summed E-state index contributed by atoms with van der Waals surface area (Å²) < 4.78 is 2.26. The van der Waals surface area contributed by atoms with Gasteiger partial charge >= 0.3 is 0 Å². The monoisotopic (exact) mass is 452 g/mol. The predicted octanol–water partition coefficient (Wildman–Crippen LogP) is 6.48. The fourth-order valence-corrected chi connectivity index (χ4v) is 4.87. The van der Waals surface area contributed by atoms with E-state index < -0.39 is 0 Å². The Labute approximate surface area is 200 Å². The molecule has 4 aromatic rings. The molecule has 2 unspecified atom stereocenters. The van der Waals surface area contributed by atoms with Crippen LogP contribution < -0.4 is 10.2 Å². The van der Waals surface area contributed by atoms with Gasteiger partial charge in [-0.15, -0.1) is 0 Å². The molecule has 4 nitrogen and oxygen atoms in total. The van der Waals surface area contributed by atoms with Crippen LogP contribution in [-0.2, 0) is 0 Å². The fourth-order valence-electron chi connectivity index (χ4n) is 4.53. The van der Waals surface area contributed by atoms with Gasteiger partial charge < -0.3 is 14.8 Å². The van der Waals surface area contributed by atoms with Crippen LogP contribution in [0.3, 0.4) is 0 Å². The quantitative estimate of drug-likeness (QED) is 0.351. The van der Waals surface area contributed by atoms with Crippen LogP contribution in [0.15, 0.2) is 91.3 Å². The number of aryl methyl sites for hydroxylation is 1. The molecule has 2 atom stereocenters. The highest BCUT2D eigenvalue weighted by atomic mass is 32.1. The minimum atomic E-state index is -0.0671. The number of hydrogen-bond acceptors (Lipinski definition) is 2. The number of aromatic nitrogens is 2. The third kappa shape index (κ3) is 4.05. The van der Waals surface area contributed by atoms with Crippen molar-refractivity contribution in [2.75, 3.05) is 4.90 Å². The van der Waals surface area contributed by atoms with E-state index in [-0.39, 0.29) is 12.1 Å². The van der Waals surface area contributed by atoms with Gasteiger partial charge in [-0.1, -0.05) is 49.7 Å². The Morgan fingerprint density at radius 1 is 0.879 bits per heavy atom. The van der Waals surface area contributed by atoms with Crippen molar-refractivity contribution in [3.8, 4) is 5.69 Å². The first-order valence-electron chi connectivity index (χ1n) is 11.4. The zero-order valence-corrected chi connectivity index (χ0v) is 20.0. The van der Waals surface area contributed by atoms with E-state index in [1.807, 2.05) is 18.3 Å². The number of thiocarbonyl (C=S) groups is 1. The van der Waals surface area contributed by atoms with Crippen molar-refractivity contribution in [2.24, 2.45) is 0 Å². The summed E-state index contributed by atoms with van der Waals surface area (Å²) in [5.74, 6) is 0.485. The van der Waals surface area contributed by atoms with Gasteiger partial charge in [-0.2, -0.15) is 0 Å². The van der Waals surface area contributed by atoms with Crippen LogP contribution in [0.25, 0.3) is 5.69 Å². The minimum absolute atomic E-state index is 0.0476. The maximum absolute atomic E-state index is 5.89. The molecular weight excluding hydrogens is 424 g/mol. The second-order valence-electron chi connectivity index (χ2n) is 8.88. The van der Waals surface area contributed by atoms with E-state index in [1.165, 1.54) is 11.1 Å². The molecule has 0 amide bonds. The molecule has 0 aliphatic carbocycles. The average molecular weight is 453 g/mol. The van der Waals surface area contributed by atoms with Gasteiger partial charge in [0.05, 0.1) is 11.7 Å². The first-order chi connectivity index (χ1) is 16.0. The second-order valence-corrected chi connectivity index (χ2v) is 9.27. The van der Waals surface area contributed by atoms with Crippen molar-refractivity contribution in [1.29, 1.82) is 0 Å². The van der Waals surface area contributed by atoms with Crippen LogP contribution in [0.5, 0.6) is 0 Å². The lowest BCUT2D eigenvalue weighted by Crippen LogP contribution is -2.30. The summed E-state index contributed by atoms with van der Waals surface area (Å²) in [6.07, 6.45) is 3.97. The molecular formula is C28H28N4S. The standard InChI is InChI=1S/C28H28N4S/c1-19(2)21-11-15-23(16-12-21)32-27(26(30-28(32)33)24-7-4-5-17-29-24)25-8-6-18-31(25)22-13-9-20(3)10-14-22/h4-19,26-27H,1-3H3,(H,30,33). The number of nitrogens with one attached hydrogen (secondary N) is 1. The lowest BCUT2D eigenvalue weighted by Gasteiger charge is -2.29.